The quantitative estimate of drug-likeness (QED) is 0.741. The van der Waals surface area contributed by atoms with Crippen molar-refractivity contribution < 1.29 is 4.74 Å². The molecule has 2 nitrogen and oxygen atoms in total. The lowest BCUT2D eigenvalue weighted by atomic mass is 9.66. The second kappa shape index (κ2) is 3.82. The van der Waals surface area contributed by atoms with E-state index in [1.165, 1.54) is 17.5 Å². The van der Waals surface area contributed by atoms with Gasteiger partial charge in [0.15, 0.2) is 0 Å². The van der Waals surface area contributed by atoms with Gasteiger partial charge in [-0.15, -0.1) is 0 Å². The molecule has 1 unspecified atom stereocenters. The second-order valence-corrected chi connectivity index (χ2v) is 5.95. The van der Waals surface area contributed by atoms with Crippen molar-refractivity contribution >= 4 is 0 Å². The second-order valence-electron chi connectivity index (χ2n) is 5.95. The van der Waals surface area contributed by atoms with E-state index in [2.05, 4.69) is 43.4 Å². The molecule has 1 aliphatic heterocycles. The largest absolute Gasteiger partial charge is 0.368 e. The number of morpholine rings is 1. The van der Waals surface area contributed by atoms with E-state index in [-0.39, 0.29) is 11.0 Å². The Morgan fingerprint density at radius 1 is 1.12 bits per heavy atom. The Labute approximate surface area is 103 Å². The van der Waals surface area contributed by atoms with Crippen molar-refractivity contribution in [2.45, 2.75) is 37.7 Å². The summed E-state index contributed by atoms with van der Waals surface area (Å²) in [4.78, 5) is 0. The molecule has 1 aliphatic carbocycles. The summed E-state index contributed by atoms with van der Waals surface area (Å²) >= 11 is 0. The Kier molecular flexibility index (Phi) is 2.53. The molecule has 17 heavy (non-hydrogen) atoms. The van der Waals surface area contributed by atoms with Crippen LogP contribution < -0.4 is 5.32 Å². The highest BCUT2D eigenvalue weighted by atomic mass is 16.5. The third kappa shape index (κ3) is 1.71. The first kappa shape index (κ1) is 11.2. The predicted molar refractivity (Wildman–Crippen MR) is 69.2 cm³/mol. The Morgan fingerprint density at radius 2 is 1.88 bits per heavy atom. The molecule has 92 valence electrons. The first-order chi connectivity index (χ1) is 8.14. The predicted octanol–water partition coefficient (Wildman–Crippen LogP) is 2.57. The molecule has 1 aromatic rings. The Bertz CT molecular complexity index is 419. The zero-order valence-electron chi connectivity index (χ0n) is 10.8. The van der Waals surface area contributed by atoms with E-state index < -0.39 is 0 Å². The average Bonchev–Trinajstić information content (AvgIpc) is 2.37. The van der Waals surface area contributed by atoms with Gasteiger partial charge in [0.25, 0.3) is 0 Å². The summed E-state index contributed by atoms with van der Waals surface area (Å²) in [5.74, 6) is 0. The summed E-state index contributed by atoms with van der Waals surface area (Å²) in [5.41, 5.74) is 3.09. The normalized spacial score (nSPS) is 31.2. The van der Waals surface area contributed by atoms with E-state index in [4.69, 9.17) is 4.74 Å². The Hall–Kier alpha value is -0.860. The van der Waals surface area contributed by atoms with Gasteiger partial charge in [-0.2, -0.15) is 0 Å². The van der Waals surface area contributed by atoms with Gasteiger partial charge in [0.05, 0.1) is 6.61 Å². The highest BCUT2D eigenvalue weighted by Crippen LogP contribution is 2.46. The third-order valence-corrected chi connectivity index (χ3v) is 4.37. The highest BCUT2D eigenvalue weighted by molar-refractivity contribution is 5.40. The van der Waals surface area contributed by atoms with Crippen LogP contribution in [-0.2, 0) is 15.8 Å². The maximum Gasteiger partial charge on any atom is 0.106 e. The molecule has 1 heterocycles. The van der Waals surface area contributed by atoms with Crippen LogP contribution >= 0.6 is 0 Å². The zero-order valence-corrected chi connectivity index (χ0v) is 10.8. The summed E-state index contributed by atoms with van der Waals surface area (Å²) in [6, 6.07) is 8.81. The van der Waals surface area contributed by atoms with Crippen molar-refractivity contribution in [2.75, 3.05) is 19.7 Å². The van der Waals surface area contributed by atoms with Crippen LogP contribution in [0.15, 0.2) is 24.3 Å². The minimum Gasteiger partial charge on any atom is -0.368 e. The van der Waals surface area contributed by atoms with Gasteiger partial charge in [0.2, 0.25) is 0 Å². The van der Waals surface area contributed by atoms with Gasteiger partial charge in [-0.3, -0.25) is 0 Å². The van der Waals surface area contributed by atoms with E-state index in [0.29, 0.717) is 0 Å². The van der Waals surface area contributed by atoms with E-state index in [0.717, 1.165) is 26.1 Å². The molecule has 2 heteroatoms. The van der Waals surface area contributed by atoms with Crippen LogP contribution in [0.5, 0.6) is 0 Å². The zero-order chi connectivity index (χ0) is 11.9. The molecule has 1 aromatic carbocycles. The first-order valence-electron chi connectivity index (χ1n) is 6.59. The summed E-state index contributed by atoms with van der Waals surface area (Å²) < 4.78 is 6.16. The van der Waals surface area contributed by atoms with E-state index in [1.807, 2.05) is 0 Å². The molecule has 3 rings (SSSR count). The number of hydrogen-bond donors (Lipinski definition) is 1. The Morgan fingerprint density at radius 3 is 2.59 bits per heavy atom. The lowest BCUT2D eigenvalue weighted by Gasteiger charge is -2.47. The van der Waals surface area contributed by atoms with Crippen molar-refractivity contribution in [3.05, 3.63) is 35.4 Å². The fourth-order valence-corrected chi connectivity index (χ4v) is 3.25. The van der Waals surface area contributed by atoms with Crippen LogP contribution in [0, 0.1) is 0 Å². The van der Waals surface area contributed by atoms with Gasteiger partial charge in [-0.05, 0) is 29.4 Å². The summed E-state index contributed by atoms with van der Waals surface area (Å²) in [6.45, 7) is 7.45. The van der Waals surface area contributed by atoms with Crippen LogP contribution in [0.1, 0.15) is 37.8 Å². The van der Waals surface area contributed by atoms with E-state index >= 15 is 0 Å². The number of hydrogen-bond acceptors (Lipinski definition) is 2. The SMILES string of the molecule is CC1(C)CCC2(CNCCO2)c2ccccc21. The molecule has 1 saturated heterocycles. The standard InChI is InChI=1S/C15H21NO/c1-14(2)7-8-15(11-16-9-10-17-15)13-6-4-3-5-12(13)14/h3-6,16H,7-11H2,1-2H3. The molecule has 0 radical (unpaired) electrons. The fraction of sp³-hybridized carbons (Fsp3) is 0.600. The summed E-state index contributed by atoms with van der Waals surface area (Å²) in [7, 11) is 0. The van der Waals surface area contributed by atoms with Crippen LogP contribution in [0.3, 0.4) is 0 Å². The van der Waals surface area contributed by atoms with Crippen LogP contribution in [0.4, 0.5) is 0 Å². The van der Waals surface area contributed by atoms with E-state index in [1.54, 1.807) is 0 Å². The number of rotatable bonds is 0. The third-order valence-electron chi connectivity index (χ3n) is 4.37. The van der Waals surface area contributed by atoms with Gasteiger partial charge in [-0.25, -0.2) is 0 Å². The Balaban J connectivity index is 2.10. The summed E-state index contributed by atoms with van der Waals surface area (Å²) in [6.07, 6.45) is 2.33. The molecule has 0 amide bonds. The van der Waals surface area contributed by atoms with Crippen LogP contribution in [0.25, 0.3) is 0 Å². The van der Waals surface area contributed by atoms with Crippen molar-refractivity contribution in [1.82, 2.24) is 5.32 Å². The van der Waals surface area contributed by atoms with E-state index in [9.17, 15) is 0 Å². The number of benzene rings is 1. The monoisotopic (exact) mass is 231 g/mol. The highest BCUT2D eigenvalue weighted by Gasteiger charge is 2.44. The average molecular weight is 231 g/mol. The molecular formula is C15H21NO. The fourth-order valence-electron chi connectivity index (χ4n) is 3.25. The van der Waals surface area contributed by atoms with Gasteiger partial charge in [-0.1, -0.05) is 38.1 Å². The topological polar surface area (TPSA) is 21.3 Å². The maximum atomic E-state index is 6.16. The van der Waals surface area contributed by atoms with Crippen molar-refractivity contribution in [3.8, 4) is 0 Å². The maximum absolute atomic E-state index is 6.16. The first-order valence-corrected chi connectivity index (χ1v) is 6.59. The number of ether oxygens (including phenoxy) is 1. The van der Waals surface area contributed by atoms with Crippen molar-refractivity contribution in [2.24, 2.45) is 0 Å². The molecule has 1 atom stereocenters. The molecular weight excluding hydrogens is 210 g/mol. The van der Waals surface area contributed by atoms with Crippen molar-refractivity contribution in [3.63, 3.8) is 0 Å². The number of nitrogens with one attached hydrogen (secondary N) is 1. The van der Waals surface area contributed by atoms with Gasteiger partial charge < -0.3 is 10.1 Å². The lowest BCUT2D eigenvalue weighted by molar-refractivity contribution is -0.0870. The molecule has 1 fully saturated rings. The smallest absolute Gasteiger partial charge is 0.106 e. The van der Waals surface area contributed by atoms with Gasteiger partial charge >= 0.3 is 0 Å². The molecule has 2 aliphatic rings. The molecule has 1 N–H and O–H groups in total. The van der Waals surface area contributed by atoms with Gasteiger partial charge in [0, 0.05) is 13.1 Å². The van der Waals surface area contributed by atoms with Crippen molar-refractivity contribution in [1.29, 1.82) is 0 Å². The number of fused-ring (bicyclic) bond motifs is 2. The van der Waals surface area contributed by atoms with Gasteiger partial charge in [0.1, 0.15) is 5.60 Å². The lowest BCUT2D eigenvalue weighted by Crippen LogP contribution is -2.51. The minimum absolute atomic E-state index is 0.0651. The molecule has 0 aromatic heterocycles. The molecule has 1 spiro atoms. The van der Waals surface area contributed by atoms with Crippen LogP contribution in [0.2, 0.25) is 0 Å². The summed E-state index contributed by atoms with van der Waals surface area (Å²) in [5, 5.41) is 3.49. The van der Waals surface area contributed by atoms with Crippen LogP contribution in [-0.4, -0.2) is 19.7 Å². The molecule has 0 saturated carbocycles. The molecule has 0 bridgehead atoms. The minimum atomic E-state index is -0.0651.